The molecule has 0 aromatic carbocycles. The van der Waals surface area contributed by atoms with Gasteiger partial charge in [0.05, 0.1) is 6.04 Å². The molecule has 8 nitrogen and oxygen atoms in total. The number of carbonyl (C=O) groups excluding carboxylic acids is 1. The van der Waals surface area contributed by atoms with Crippen LogP contribution in [0.15, 0.2) is 14.7 Å². The lowest BCUT2D eigenvalue weighted by Crippen LogP contribution is -2.41. The van der Waals surface area contributed by atoms with E-state index in [9.17, 15) is 14.4 Å². The highest BCUT2D eigenvalue weighted by molar-refractivity contribution is 7.99. The van der Waals surface area contributed by atoms with Crippen molar-refractivity contribution in [2.45, 2.75) is 24.5 Å². The number of nitrogens with one attached hydrogen (secondary N) is 2. The lowest BCUT2D eigenvalue weighted by atomic mass is 10.2. The number of hydrogen-bond donors (Lipinski definition) is 3. The van der Waals surface area contributed by atoms with E-state index in [0.717, 1.165) is 0 Å². The molecule has 106 valence electrons. The monoisotopic (exact) mass is 287 g/mol. The Kier molecular flexibility index (Phi) is 5.77. The Hall–Kier alpha value is -1.61. The lowest BCUT2D eigenvalue weighted by Gasteiger charge is -2.13. The van der Waals surface area contributed by atoms with Gasteiger partial charge in [0.1, 0.15) is 0 Å². The summed E-state index contributed by atoms with van der Waals surface area (Å²) in [5.41, 5.74) is 3.67. The molecule has 0 saturated heterocycles. The number of hydrogen-bond acceptors (Lipinski definition) is 6. The Morgan fingerprint density at radius 3 is 2.84 bits per heavy atom. The molecule has 1 aromatic heterocycles. The third-order valence-corrected chi connectivity index (χ3v) is 3.44. The quantitative estimate of drug-likeness (QED) is 0.410. The Morgan fingerprint density at radius 2 is 2.26 bits per heavy atom. The number of primary amides is 1. The van der Waals surface area contributed by atoms with Gasteiger partial charge in [0.25, 0.3) is 0 Å². The van der Waals surface area contributed by atoms with Crippen LogP contribution in [0.3, 0.4) is 0 Å². The van der Waals surface area contributed by atoms with Crippen molar-refractivity contribution >= 4 is 17.7 Å². The maximum Gasteiger partial charge on any atom is 0.339 e. The van der Waals surface area contributed by atoms with Crippen LogP contribution in [0.2, 0.25) is 0 Å². The number of thioether (sulfide) groups is 1. The lowest BCUT2D eigenvalue weighted by molar-refractivity contribution is -0.120. The molecule has 0 aliphatic rings. The molecular weight excluding hydrogens is 270 g/mol. The third-order valence-electron chi connectivity index (χ3n) is 2.38. The summed E-state index contributed by atoms with van der Waals surface area (Å²) in [5.74, 6) is 0.137. The predicted molar refractivity (Wildman–Crippen MR) is 72.1 cm³/mol. The van der Waals surface area contributed by atoms with Crippen molar-refractivity contribution < 1.29 is 4.79 Å². The number of rotatable bonds is 7. The van der Waals surface area contributed by atoms with E-state index < -0.39 is 23.1 Å². The van der Waals surface area contributed by atoms with Gasteiger partial charge in [-0.15, -0.1) is 0 Å². The van der Waals surface area contributed by atoms with Crippen LogP contribution in [0.1, 0.15) is 13.3 Å². The van der Waals surface area contributed by atoms with Gasteiger partial charge in [-0.2, -0.15) is 4.98 Å². The molecule has 1 unspecified atom stereocenters. The Labute approximate surface area is 113 Å². The van der Waals surface area contributed by atoms with Crippen molar-refractivity contribution in [3.05, 3.63) is 20.7 Å². The number of H-pyrrole nitrogens is 1. The fraction of sp³-hybridized carbons (Fsp3) is 0.600. The summed E-state index contributed by atoms with van der Waals surface area (Å²) in [6, 6.07) is -0.405. The van der Waals surface area contributed by atoms with Crippen molar-refractivity contribution in [3.63, 3.8) is 0 Å². The van der Waals surface area contributed by atoms with Gasteiger partial charge >= 0.3 is 11.1 Å². The molecule has 1 amide bonds. The van der Waals surface area contributed by atoms with Crippen LogP contribution in [0.4, 0.5) is 0 Å². The van der Waals surface area contributed by atoms with Gasteiger partial charge in [-0.05, 0) is 13.0 Å². The average Bonchev–Trinajstić information content (AvgIpc) is 2.34. The molecule has 0 aliphatic heterocycles. The number of nitrogens with zero attached hydrogens (tertiary/aromatic N) is 2. The maximum atomic E-state index is 11.1. The standard InChI is InChI=1S/C10H17N5O3S/c1-3-12-6(7(11)16)4-5-19-10-13-8(17)9(18)14-15(10)2/h6,12H,3-5H2,1-2H3,(H2,11,16)(H,14,18). The van der Waals surface area contributed by atoms with Gasteiger partial charge in [-0.25, -0.2) is 0 Å². The van der Waals surface area contributed by atoms with E-state index in [0.29, 0.717) is 23.9 Å². The smallest absolute Gasteiger partial charge is 0.339 e. The molecular formula is C10H17N5O3S. The molecule has 1 rings (SSSR count). The first-order valence-corrected chi connectivity index (χ1v) is 6.77. The fourth-order valence-electron chi connectivity index (χ4n) is 1.45. The van der Waals surface area contributed by atoms with E-state index in [-0.39, 0.29) is 0 Å². The fourth-order valence-corrected chi connectivity index (χ4v) is 2.37. The molecule has 0 radical (unpaired) electrons. The molecule has 0 spiro atoms. The summed E-state index contributed by atoms with van der Waals surface area (Å²) in [6.45, 7) is 2.53. The SMILES string of the molecule is CCNC(CCSc1nc(=O)c(=O)[nH]n1C)C(N)=O. The van der Waals surface area contributed by atoms with E-state index in [1.165, 1.54) is 16.4 Å². The van der Waals surface area contributed by atoms with Crippen LogP contribution in [0.5, 0.6) is 0 Å². The van der Waals surface area contributed by atoms with Gasteiger partial charge in [-0.1, -0.05) is 18.7 Å². The minimum Gasteiger partial charge on any atom is -0.368 e. The number of carbonyl (C=O) groups is 1. The number of likely N-dealkylation sites (N-methyl/N-ethyl adjacent to an activating group) is 1. The molecule has 0 aliphatic carbocycles. The molecule has 1 heterocycles. The predicted octanol–water partition coefficient (Wildman–Crippen LogP) is -1.59. The maximum absolute atomic E-state index is 11.1. The summed E-state index contributed by atoms with van der Waals surface area (Å²) >= 11 is 1.28. The number of aromatic amines is 1. The van der Waals surface area contributed by atoms with Crippen LogP contribution in [-0.2, 0) is 11.8 Å². The molecule has 9 heteroatoms. The van der Waals surface area contributed by atoms with Crippen LogP contribution >= 0.6 is 11.8 Å². The highest BCUT2D eigenvalue weighted by Gasteiger charge is 2.14. The van der Waals surface area contributed by atoms with Crippen LogP contribution in [-0.4, -0.2) is 39.0 Å². The average molecular weight is 287 g/mol. The summed E-state index contributed by atoms with van der Waals surface area (Å²) in [5, 5.41) is 5.71. The second-order valence-electron chi connectivity index (χ2n) is 3.85. The first-order valence-electron chi connectivity index (χ1n) is 5.78. The summed E-state index contributed by atoms with van der Waals surface area (Å²) in [6.07, 6.45) is 0.517. The van der Waals surface area contributed by atoms with Gasteiger partial charge in [0, 0.05) is 12.8 Å². The van der Waals surface area contributed by atoms with Crippen LogP contribution in [0, 0.1) is 0 Å². The Bertz CT molecular complexity index is 553. The zero-order chi connectivity index (χ0) is 14.4. The van der Waals surface area contributed by atoms with Gasteiger partial charge in [-0.3, -0.25) is 24.2 Å². The largest absolute Gasteiger partial charge is 0.368 e. The second kappa shape index (κ2) is 7.10. The molecule has 0 fully saturated rings. The molecule has 0 bridgehead atoms. The highest BCUT2D eigenvalue weighted by Crippen LogP contribution is 2.13. The first kappa shape index (κ1) is 15.4. The molecule has 1 aromatic rings. The summed E-state index contributed by atoms with van der Waals surface area (Å²) in [4.78, 5) is 36.9. The molecule has 4 N–H and O–H groups in total. The number of nitrogens with two attached hydrogens (primary N) is 1. The summed E-state index contributed by atoms with van der Waals surface area (Å²) < 4.78 is 1.38. The number of aryl methyl sites for hydroxylation is 1. The zero-order valence-corrected chi connectivity index (χ0v) is 11.6. The number of amides is 1. The molecule has 1 atom stereocenters. The summed E-state index contributed by atoms with van der Waals surface area (Å²) in [7, 11) is 1.59. The van der Waals surface area contributed by atoms with E-state index in [1.54, 1.807) is 7.05 Å². The van der Waals surface area contributed by atoms with Crippen molar-refractivity contribution in [2.75, 3.05) is 12.3 Å². The minimum absolute atomic E-state index is 0.393. The Balaban J connectivity index is 2.62. The normalized spacial score (nSPS) is 12.3. The topological polar surface area (TPSA) is 123 Å². The molecule has 19 heavy (non-hydrogen) atoms. The Morgan fingerprint density at radius 1 is 1.58 bits per heavy atom. The third kappa shape index (κ3) is 4.52. The van der Waals surface area contributed by atoms with Gasteiger partial charge in [0.2, 0.25) is 5.91 Å². The van der Waals surface area contributed by atoms with Crippen molar-refractivity contribution in [1.82, 2.24) is 20.1 Å². The second-order valence-corrected chi connectivity index (χ2v) is 4.91. The first-order chi connectivity index (χ1) is 8.95. The van der Waals surface area contributed by atoms with Gasteiger partial charge < -0.3 is 11.1 Å². The van der Waals surface area contributed by atoms with Crippen molar-refractivity contribution in [3.8, 4) is 0 Å². The zero-order valence-electron chi connectivity index (χ0n) is 10.8. The van der Waals surface area contributed by atoms with E-state index in [4.69, 9.17) is 5.73 Å². The van der Waals surface area contributed by atoms with Gasteiger partial charge in [0.15, 0.2) is 5.16 Å². The van der Waals surface area contributed by atoms with Crippen molar-refractivity contribution in [1.29, 1.82) is 0 Å². The highest BCUT2D eigenvalue weighted by atomic mass is 32.2. The van der Waals surface area contributed by atoms with Crippen LogP contribution < -0.4 is 22.2 Å². The molecule has 0 saturated carbocycles. The van der Waals surface area contributed by atoms with E-state index >= 15 is 0 Å². The van der Waals surface area contributed by atoms with Crippen molar-refractivity contribution in [2.24, 2.45) is 12.8 Å². The van der Waals surface area contributed by atoms with Crippen LogP contribution in [0.25, 0.3) is 0 Å². The van der Waals surface area contributed by atoms with E-state index in [2.05, 4.69) is 15.4 Å². The number of aromatic nitrogens is 3. The van der Waals surface area contributed by atoms with E-state index in [1.807, 2.05) is 6.92 Å². The minimum atomic E-state index is -0.821.